The Morgan fingerprint density at radius 2 is 1.97 bits per heavy atom. The Labute approximate surface area is 174 Å². The zero-order valence-electron chi connectivity index (χ0n) is 16.7. The number of nitrogens with one attached hydrogen (secondary N) is 2. The predicted octanol–water partition coefficient (Wildman–Crippen LogP) is 4.01. The van der Waals surface area contributed by atoms with Crippen molar-refractivity contribution in [1.29, 1.82) is 0 Å². The van der Waals surface area contributed by atoms with Crippen molar-refractivity contribution in [2.24, 2.45) is 5.92 Å². The number of esters is 1. The minimum Gasteiger partial charge on any atom is -0.443 e. The molecule has 1 heterocycles. The number of carbonyl (C=O) groups is 3. The molecule has 29 heavy (non-hydrogen) atoms. The molecule has 154 valence electrons. The van der Waals surface area contributed by atoms with Gasteiger partial charge in [-0.15, -0.1) is 11.3 Å². The first-order chi connectivity index (χ1) is 14.0. The summed E-state index contributed by atoms with van der Waals surface area (Å²) in [5.41, 5.74) is 1.72. The number of hydrogen-bond acceptors (Lipinski definition) is 5. The van der Waals surface area contributed by atoms with Crippen LogP contribution in [-0.2, 0) is 22.4 Å². The maximum Gasteiger partial charge on any atom is 0.349 e. The molecule has 1 aromatic carbocycles. The normalized spacial score (nSPS) is 16.4. The van der Waals surface area contributed by atoms with E-state index >= 15 is 0 Å². The van der Waals surface area contributed by atoms with Crippen molar-refractivity contribution in [2.75, 3.05) is 6.54 Å². The summed E-state index contributed by atoms with van der Waals surface area (Å²) in [5.74, 6) is -0.568. The second-order valence-corrected chi connectivity index (χ2v) is 8.26. The van der Waals surface area contributed by atoms with Gasteiger partial charge in [0.25, 0.3) is 5.91 Å². The van der Waals surface area contributed by atoms with Gasteiger partial charge in [-0.1, -0.05) is 43.7 Å². The lowest BCUT2D eigenvalue weighted by atomic mass is 9.87. The largest absolute Gasteiger partial charge is 0.443 e. The lowest BCUT2D eigenvalue weighted by Crippen LogP contribution is -2.42. The summed E-state index contributed by atoms with van der Waals surface area (Å²) in [6.45, 7) is 4.32. The fourth-order valence-corrected chi connectivity index (χ4v) is 4.59. The average Bonchev–Trinajstić information content (AvgIpc) is 3.16. The molecular weight excluding hydrogens is 388 g/mol. The number of thiophene rings is 1. The van der Waals surface area contributed by atoms with E-state index in [-0.39, 0.29) is 0 Å². The van der Waals surface area contributed by atoms with E-state index in [1.807, 2.05) is 12.1 Å². The molecule has 1 aliphatic carbocycles. The van der Waals surface area contributed by atoms with E-state index in [9.17, 15) is 14.4 Å². The topological polar surface area (TPSA) is 84.5 Å². The van der Waals surface area contributed by atoms with Crippen molar-refractivity contribution in [3.63, 3.8) is 0 Å². The van der Waals surface area contributed by atoms with E-state index in [4.69, 9.17) is 4.74 Å². The molecule has 0 bridgehead atoms. The number of amides is 3. The minimum absolute atomic E-state index is 0.383. The fraction of sp³-hybridized carbons (Fsp3) is 0.409. The lowest BCUT2D eigenvalue weighted by Gasteiger charge is -2.19. The SMILES string of the molecule is CCNC(=O)NC(=O)[C@H](OC(=O)c1cc2c(s1)CC[C@H](CC)C2)c1ccccc1. The first-order valence-corrected chi connectivity index (χ1v) is 10.8. The molecule has 1 aliphatic rings. The number of ether oxygens (including phenoxy) is 1. The maximum atomic E-state index is 12.8. The summed E-state index contributed by atoms with van der Waals surface area (Å²) in [6, 6.07) is 9.98. The molecule has 0 radical (unpaired) electrons. The Balaban J connectivity index is 1.77. The van der Waals surface area contributed by atoms with Gasteiger partial charge >= 0.3 is 12.0 Å². The van der Waals surface area contributed by atoms with Crippen molar-refractivity contribution in [2.45, 2.75) is 45.6 Å². The molecule has 0 unspecified atom stereocenters. The van der Waals surface area contributed by atoms with Gasteiger partial charge in [0.2, 0.25) is 6.10 Å². The minimum atomic E-state index is -1.20. The van der Waals surface area contributed by atoms with Crippen molar-refractivity contribution in [1.82, 2.24) is 10.6 Å². The van der Waals surface area contributed by atoms with Crippen molar-refractivity contribution in [3.8, 4) is 0 Å². The summed E-state index contributed by atoms with van der Waals surface area (Å²) >= 11 is 1.44. The van der Waals surface area contributed by atoms with E-state index < -0.39 is 24.0 Å². The van der Waals surface area contributed by atoms with Gasteiger partial charge in [0.1, 0.15) is 4.88 Å². The summed E-state index contributed by atoms with van der Waals surface area (Å²) in [4.78, 5) is 38.9. The van der Waals surface area contributed by atoms with E-state index in [0.29, 0.717) is 22.9 Å². The highest BCUT2D eigenvalue weighted by molar-refractivity contribution is 7.14. The van der Waals surface area contributed by atoms with Crippen molar-refractivity contribution in [3.05, 3.63) is 57.3 Å². The molecule has 3 rings (SSSR count). The molecule has 0 fully saturated rings. The summed E-state index contributed by atoms with van der Waals surface area (Å²) in [5, 5.41) is 4.74. The third kappa shape index (κ3) is 5.23. The zero-order chi connectivity index (χ0) is 20.8. The smallest absolute Gasteiger partial charge is 0.349 e. The van der Waals surface area contributed by atoms with Crippen LogP contribution in [0.5, 0.6) is 0 Å². The number of hydrogen-bond donors (Lipinski definition) is 2. The van der Waals surface area contributed by atoms with Gasteiger partial charge < -0.3 is 10.1 Å². The summed E-state index contributed by atoms with van der Waals surface area (Å²) in [6.07, 6.45) is 3.03. The number of fused-ring (bicyclic) bond motifs is 1. The molecular formula is C22H26N2O4S. The van der Waals surface area contributed by atoms with Gasteiger partial charge in [0.15, 0.2) is 0 Å². The third-order valence-electron chi connectivity index (χ3n) is 5.10. The van der Waals surface area contributed by atoms with Gasteiger partial charge in [-0.2, -0.15) is 0 Å². The first kappa shape index (κ1) is 21.0. The first-order valence-electron chi connectivity index (χ1n) is 9.98. The van der Waals surface area contributed by atoms with Crippen LogP contribution in [0.25, 0.3) is 0 Å². The van der Waals surface area contributed by atoms with E-state index in [1.54, 1.807) is 31.2 Å². The number of aryl methyl sites for hydroxylation is 1. The van der Waals surface area contributed by atoms with Crippen molar-refractivity contribution < 1.29 is 19.1 Å². The molecule has 2 N–H and O–H groups in total. The summed E-state index contributed by atoms with van der Waals surface area (Å²) < 4.78 is 5.57. The van der Waals surface area contributed by atoms with Gasteiger partial charge in [-0.25, -0.2) is 9.59 Å². The molecule has 2 aromatic rings. The van der Waals surface area contributed by atoms with Gasteiger partial charge in [0.05, 0.1) is 0 Å². The Morgan fingerprint density at radius 1 is 1.21 bits per heavy atom. The van der Waals surface area contributed by atoms with Crippen LogP contribution in [0, 0.1) is 5.92 Å². The number of carbonyl (C=O) groups excluding carboxylic acids is 3. The van der Waals surface area contributed by atoms with Crippen LogP contribution in [0.2, 0.25) is 0 Å². The monoisotopic (exact) mass is 414 g/mol. The van der Waals surface area contributed by atoms with E-state index in [2.05, 4.69) is 17.6 Å². The molecule has 0 aliphatic heterocycles. The Hall–Kier alpha value is -2.67. The van der Waals surface area contributed by atoms with Crippen LogP contribution < -0.4 is 10.6 Å². The summed E-state index contributed by atoms with van der Waals surface area (Å²) in [7, 11) is 0. The van der Waals surface area contributed by atoms with Crippen LogP contribution >= 0.6 is 11.3 Å². The van der Waals surface area contributed by atoms with Crippen LogP contribution in [0.4, 0.5) is 4.79 Å². The zero-order valence-corrected chi connectivity index (χ0v) is 17.5. The van der Waals surface area contributed by atoms with Gasteiger partial charge in [-0.05, 0) is 43.7 Å². The second-order valence-electron chi connectivity index (χ2n) is 7.12. The molecule has 6 nitrogen and oxygen atoms in total. The van der Waals surface area contributed by atoms with Crippen LogP contribution in [0.1, 0.15) is 58.5 Å². The number of urea groups is 1. The predicted molar refractivity (Wildman–Crippen MR) is 112 cm³/mol. The second kappa shape index (κ2) is 9.69. The highest BCUT2D eigenvalue weighted by atomic mass is 32.1. The maximum absolute atomic E-state index is 12.8. The third-order valence-corrected chi connectivity index (χ3v) is 6.32. The molecule has 0 saturated carbocycles. The molecule has 2 atom stereocenters. The van der Waals surface area contributed by atoms with Gasteiger partial charge in [0, 0.05) is 17.0 Å². The molecule has 3 amide bonds. The molecule has 7 heteroatoms. The highest BCUT2D eigenvalue weighted by Crippen LogP contribution is 2.34. The highest BCUT2D eigenvalue weighted by Gasteiger charge is 2.29. The quantitative estimate of drug-likeness (QED) is 0.700. The number of imide groups is 1. The van der Waals surface area contributed by atoms with Crippen molar-refractivity contribution >= 4 is 29.2 Å². The fourth-order valence-electron chi connectivity index (χ4n) is 3.50. The van der Waals surface area contributed by atoms with Crippen LogP contribution in [0.3, 0.4) is 0 Å². The van der Waals surface area contributed by atoms with E-state index in [0.717, 1.165) is 25.7 Å². The Morgan fingerprint density at radius 3 is 2.66 bits per heavy atom. The van der Waals surface area contributed by atoms with Crippen LogP contribution in [-0.4, -0.2) is 24.5 Å². The average molecular weight is 415 g/mol. The standard InChI is InChI=1S/C22H26N2O4S/c1-3-14-10-11-17-16(12-14)13-18(29-17)21(26)28-19(15-8-6-5-7-9-15)20(25)24-22(27)23-4-2/h5-9,13-14,19H,3-4,10-12H2,1-2H3,(H2,23,24,25,27)/t14-,19+/m0/s1. The van der Waals surface area contributed by atoms with E-state index in [1.165, 1.54) is 21.8 Å². The number of benzene rings is 1. The molecule has 0 spiro atoms. The molecule has 1 aromatic heterocycles. The van der Waals surface area contributed by atoms with Crippen LogP contribution in [0.15, 0.2) is 36.4 Å². The lowest BCUT2D eigenvalue weighted by molar-refractivity contribution is -0.129. The molecule has 0 saturated heterocycles. The van der Waals surface area contributed by atoms with Gasteiger partial charge in [-0.3, -0.25) is 10.1 Å². The Kier molecular flexibility index (Phi) is 7.04. The Bertz CT molecular complexity index is 878. The number of rotatable bonds is 6.